The Kier molecular flexibility index (Phi) is 10.8. The molecule has 0 spiro atoms. The number of ether oxygens (including phenoxy) is 1. The molecule has 38 heavy (non-hydrogen) atoms. The second kappa shape index (κ2) is 14.2. The van der Waals surface area contributed by atoms with E-state index < -0.39 is 6.11 Å². The van der Waals surface area contributed by atoms with Gasteiger partial charge in [0.2, 0.25) is 0 Å². The molecule has 2 fully saturated rings. The summed E-state index contributed by atoms with van der Waals surface area (Å²) in [6.45, 7) is 4.16. The van der Waals surface area contributed by atoms with Crippen molar-refractivity contribution in [3.63, 3.8) is 0 Å². The van der Waals surface area contributed by atoms with Gasteiger partial charge in [-0.25, -0.2) is 0 Å². The molecule has 0 N–H and O–H groups in total. The fourth-order valence-electron chi connectivity index (χ4n) is 6.49. The third kappa shape index (κ3) is 8.12. The lowest BCUT2D eigenvalue weighted by atomic mass is 9.77. The fraction of sp³-hybridized carbons (Fsp3) is 0.543. The van der Waals surface area contributed by atoms with Gasteiger partial charge in [-0.2, -0.15) is 8.78 Å². The molecule has 0 heterocycles. The van der Waals surface area contributed by atoms with Crippen molar-refractivity contribution in [2.24, 2.45) is 11.8 Å². The Hall–Kier alpha value is -2.26. The largest absolute Gasteiger partial charge is 0.383 e. The van der Waals surface area contributed by atoms with E-state index in [0.29, 0.717) is 24.2 Å². The zero-order chi connectivity index (χ0) is 26.8. The van der Waals surface area contributed by atoms with Crippen LogP contribution in [0.1, 0.15) is 112 Å². The quantitative estimate of drug-likeness (QED) is 0.268. The van der Waals surface area contributed by atoms with Gasteiger partial charge in [-0.1, -0.05) is 72.8 Å². The maximum atomic E-state index is 14.8. The second-order valence-corrected chi connectivity index (χ2v) is 11.5. The Morgan fingerprint density at radius 1 is 0.763 bits per heavy atom. The topological polar surface area (TPSA) is 9.23 Å². The SMILES string of the molecule is C/C=C/CCC1CCC(c2ccc(CCOC(F)(F)c3ccc(C4CCC(/C=C/C)CC4)cc3)cc2)CC1. The minimum atomic E-state index is -3.27. The van der Waals surface area contributed by atoms with Crippen LogP contribution in [0.5, 0.6) is 0 Å². The van der Waals surface area contributed by atoms with Crippen molar-refractivity contribution >= 4 is 0 Å². The molecular formula is C35H46F2O. The number of alkyl halides is 2. The number of halogens is 2. The van der Waals surface area contributed by atoms with Crippen molar-refractivity contribution in [2.45, 2.75) is 102 Å². The predicted octanol–water partition coefficient (Wildman–Crippen LogP) is 10.5. The molecule has 0 amide bonds. The van der Waals surface area contributed by atoms with E-state index >= 15 is 0 Å². The van der Waals surface area contributed by atoms with E-state index in [1.807, 2.05) is 12.1 Å². The molecule has 0 atom stereocenters. The third-order valence-corrected chi connectivity index (χ3v) is 8.90. The van der Waals surface area contributed by atoms with Crippen LogP contribution in [0, 0.1) is 11.8 Å². The number of benzene rings is 2. The summed E-state index contributed by atoms with van der Waals surface area (Å²) >= 11 is 0. The molecule has 2 aromatic rings. The first kappa shape index (κ1) is 28.7. The van der Waals surface area contributed by atoms with Crippen LogP contribution in [-0.2, 0) is 17.3 Å². The average Bonchev–Trinajstić information content (AvgIpc) is 2.95. The third-order valence-electron chi connectivity index (χ3n) is 8.90. The van der Waals surface area contributed by atoms with Crippen molar-refractivity contribution < 1.29 is 13.5 Å². The van der Waals surface area contributed by atoms with Gasteiger partial charge in [0.25, 0.3) is 0 Å². The van der Waals surface area contributed by atoms with Crippen LogP contribution in [0.2, 0.25) is 0 Å². The Balaban J connectivity index is 1.21. The lowest BCUT2D eigenvalue weighted by molar-refractivity contribution is -0.248. The average molecular weight is 521 g/mol. The summed E-state index contributed by atoms with van der Waals surface area (Å²) < 4.78 is 34.6. The summed E-state index contributed by atoms with van der Waals surface area (Å²) in [5, 5.41) is 0. The number of hydrogen-bond acceptors (Lipinski definition) is 1. The second-order valence-electron chi connectivity index (χ2n) is 11.5. The van der Waals surface area contributed by atoms with Gasteiger partial charge in [0.05, 0.1) is 12.2 Å². The summed E-state index contributed by atoms with van der Waals surface area (Å²) in [6.07, 6.45) is 18.3. The van der Waals surface area contributed by atoms with E-state index in [2.05, 4.69) is 62.4 Å². The summed E-state index contributed by atoms with van der Waals surface area (Å²) in [5.74, 6) is 2.64. The van der Waals surface area contributed by atoms with Crippen molar-refractivity contribution in [3.05, 3.63) is 95.1 Å². The zero-order valence-corrected chi connectivity index (χ0v) is 23.4. The van der Waals surface area contributed by atoms with Gasteiger partial charge >= 0.3 is 6.11 Å². The highest BCUT2D eigenvalue weighted by molar-refractivity contribution is 5.28. The van der Waals surface area contributed by atoms with Crippen LogP contribution in [0.25, 0.3) is 0 Å². The molecular weight excluding hydrogens is 474 g/mol. The molecule has 2 aliphatic carbocycles. The van der Waals surface area contributed by atoms with Gasteiger partial charge in [-0.3, -0.25) is 0 Å². The number of hydrogen-bond donors (Lipinski definition) is 0. The minimum Gasteiger partial charge on any atom is -0.316 e. The first-order valence-electron chi connectivity index (χ1n) is 14.9. The van der Waals surface area contributed by atoms with Gasteiger partial charge in [0, 0.05) is 0 Å². The van der Waals surface area contributed by atoms with E-state index in [1.165, 1.54) is 62.5 Å². The van der Waals surface area contributed by atoms with Crippen LogP contribution in [0.15, 0.2) is 72.8 Å². The molecule has 2 aliphatic rings. The highest BCUT2D eigenvalue weighted by atomic mass is 19.3. The standard InChI is InChI=1S/C35H46F2O/c1-3-5-6-8-28-11-17-30(18-12-28)31-19-13-29(14-20-31)25-26-38-35(36,37)34-23-21-33(22-24-34)32-15-9-27(7-4-2)10-16-32/h3-5,7,13-14,19-24,27-28,30,32H,6,8-12,15-18,25-26H2,1-2H3/b5-3+,7-4+. The van der Waals surface area contributed by atoms with Gasteiger partial charge in [-0.15, -0.1) is 0 Å². The molecule has 0 aromatic heterocycles. The lowest BCUT2D eigenvalue weighted by Crippen LogP contribution is -2.20. The van der Waals surface area contributed by atoms with Crippen molar-refractivity contribution in [3.8, 4) is 0 Å². The lowest BCUT2D eigenvalue weighted by Gasteiger charge is -2.28. The highest BCUT2D eigenvalue weighted by Crippen LogP contribution is 2.39. The van der Waals surface area contributed by atoms with Crippen LogP contribution in [0.4, 0.5) is 8.78 Å². The molecule has 2 saturated carbocycles. The van der Waals surface area contributed by atoms with Gasteiger partial charge in [0.15, 0.2) is 0 Å². The smallest absolute Gasteiger partial charge is 0.316 e. The summed E-state index contributed by atoms with van der Waals surface area (Å²) in [4.78, 5) is 0. The summed E-state index contributed by atoms with van der Waals surface area (Å²) in [7, 11) is 0. The van der Waals surface area contributed by atoms with Gasteiger partial charge < -0.3 is 4.74 Å². The molecule has 3 heteroatoms. The highest BCUT2D eigenvalue weighted by Gasteiger charge is 2.33. The maximum Gasteiger partial charge on any atom is 0.383 e. The Labute approximate surface area is 229 Å². The molecule has 0 saturated heterocycles. The molecule has 0 aliphatic heterocycles. The van der Waals surface area contributed by atoms with Crippen molar-refractivity contribution in [2.75, 3.05) is 6.61 Å². The first-order chi connectivity index (χ1) is 18.5. The van der Waals surface area contributed by atoms with Crippen LogP contribution >= 0.6 is 0 Å². The molecule has 4 rings (SSSR count). The minimum absolute atomic E-state index is 0.000370. The van der Waals surface area contributed by atoms with E-state index in [-0.39, 0.29) is 12.2 Å². The molecule has 2 aromatic carbocycles. The Morgan fingerprint density at radius 3 is 1.92 bits per heavy atom. The maximum absolute atomic E-state index is 14.8. The Morgan fingerprint density at radius 2 is 1.34 bits per heavy atom. The van der Waals surface area contributed by atoms with E-state index in [1.54, 1.807) is 12.1 Å². The predicted molar refractivity (Wildman–Crippen MR) is 155 cm³/mol. The monoisotopic (exact) mass is 520 g/mol. The molecule has 1 nitrogen and oxygen atoms in total. The fourth-order valence-corrected chi connectivity index (χ4v) is 6.49. The molecule has 0 bridgehead atoms. The molecule has 206 valence electrons. The van der Waals surface area contributed by atoms with Crippen LogP contribution < -0.4 is 0 Å². The number of allylic oxidation sites excluding steroid dienone is 4. The van der Waals surface area contributed by atoms with E-state index in [0.717, 1.165) is 24.3 Å². The summed E-state index contributed by atoms with van der Waals surface area (Å²) in [6, 6.07) is 15.4. The number of rotatable bonds is 11. The van der Waals surface area contributed by atoms with Crippen molar-refractivity contribution in [1.82, 2.24) is 0 Å². The van der Waals surface area contributed by atoms with Gasteiger partial charge in [0.1, 0.15) is 0 Å². The van der Waals surface area contributed by atoms with E-state index in [4.69, 9.17) is 4.74 Å². The normalized spacial score (nSPS) is 24.8. The van der Waals surface area contributed by atoms with Crippen LogP contribution in [-0.4, -0.2) is 6.61 Å². The van der Waals surface area contributed by atoms with E-state index in [9.17, 15) is 8.78 Å². The van der Waals surface area contributed by atoms with Crippen molar-refractivity contribution in [1.29, 1.82) is 0 Å². The Bertz CT molecular complexity index is 1000. The summed E-state index contributed by atoms with van der Waals surface area (Å²) in [5.41, 5.74) is 3.56. The molecule has 0 radical (unpaired) electrons. The molecule has 0 unspecified atom stereocenters. The van der Waals surface area contributed by atoms with Gasteiger partial charge in [-0.05, 0) is 125 Å². The van der Waals surface area contributed by atoms with Crippen LogP contribution in [0.3, 0.4) is 0 Å². The first-order valence-corrected chi connectivity index (χ1v) is 14.9. The zero-order valence-electron chi connectivity index (χ0n) is 23.4.